The van der Waals surface area contributed by atoms with Crippen molar-refractivity contribution in [3.05, 3.63) is 0 Å². The number of hydrogen-bond acceptors (Lipinski definition) is 2. The van der Waals surface area contributed by atoms with Gasteiger partial charge in [-0.25, -0.2) is 0 Å². The Morgan fingerprint density at radius 3 is 2.29 bits per heavy atom. The Balaban J connectivity index is 0.000000366. The minimum Gasteiger partial charge on any atom is -0.378 e. The molecule has 1 aliphatic rings. The molecule has 1 rings (SSSR count). The highest BCUT2D eigenvalue weighted by molar-refractivity contribution is 6.17. The van der Waals surface area contributed by atoms with E-state index in [2.05, 4.69) is 26.1 Å². The van der Waals surface area contributed by atoms with Crippen molar-refractivity contribution in [1.29, 1.82) is 0 Å². The molecular formula is C14H30ClNO. The second-order valence-corrected chi connectivity index (χ2v) is 5.45. The molecule has 1 N–H and O–H groups in total. The van der Waals surface area contributed by atoms with E-state index in [-0.39, 0.29) is 0 Å². The van der Waals surface area contributed by atoms with Crippen molar-refractivity contribution in [2.45, 2.75) is 59.0 Å². The molecule has 1 heterocycles. The quantitative estimate of drug-likeness (QED) is 0.581. The Hall–Kier alpha value is 0.210. The van der Waals surface area contributed by atoms with Gasteiger partial charge in [0.25, 0.3) is 0 Å². The summed E-state index contributed by atoms with van der Waals surface area (Å²) in [6, 6.07) is 0. The van der Waals surface area contributed by atoms with E-state index in [4.69, 9.17) is 16.3 Å². The van der Waals surface area contributed by atoms with E-state index in [1.54, 1.807) is 0 Å². The molecule has 1 fully saturated rings. The number of rotatable bonds is 6. The van der Waals surface area contributed by atoms with Gasteiger partial charge in [-0.15, -0.1) is 11.6 Å². The molecule has 104 valence electrons. The summed E-state index contributed by atoms with van der Waals surface area (Å²) in [7, 11) is 0. The topological polar surface area (TPSA) is 21.3 Å². The Morgan fingerprint density at radius 1 is 1.24 bits per heavy atom. The fourth-order valence-corrected chi connectivity index (χ4v) is 1.82. The van der Waals surface area contributed by atoms with Crippen LogP contribution in [0.5, 0.6) is 0 Å². The third-order valence-electron chi connectivity index (χ3n) is 2.69. The summed E-state index contributed by atoms with van der Waals surface area (Å²) in [5.74, 6) is 1.50. The maximum Gasteiger partial charge on any atom is 0.0599 e. The Labute approximate surface area is 112 Å². The first-order valence-electron chi connectivity index (χ1n) is 7.09. The molecule has 0 amide bonds. The van der Waals surface area contributed by atoms with Crippen LogP contribution in [-0.2, 0) is 4.74 Å². The first-order valence-corrected chi connectivity index (χ1v) is 7.62. The fraction of sp³-hybridized carbons (Fsp3) is 1.00. The molecule has 1 aliphatic heterocycles. The van der Waals surface area contributed by atoms with E-state index >= 15 is 0 Å². The number of alkyl halides is 1. The molecule has 0 aromatic carbocycles. The first kappa shape index (κ1) is 17.2. The molecule has 17 heavy (non-hydrogen) atoms. The predicted molar refractivity (Wildman–Crippen MR) is 76.9 cm³/mol. The minimum absolute atomic E-state index is 0.527. The van der Waals surface area contributed by atoms with Crippen LogP contribution in [0.15, 0.2) is 0 Å². The van der Waals surface area contributed by atoms with Crippen LogP contribution in [0.2, 0.25) is 0 Å². The molecule has 1 saturated heterocycles. The van der Waals surface area contributed by atoms with Crippen molar-refractivity contribution in [3.63, 3.8) is 0 Å². The van der Waals surface area contributed by atoms with Crippen LogP contribution in [0, 0.1) is 5.92 Å². The molecule has 0 radical (unpaired) electrons. The number of piperidine rings is 1. The van der Waals surface area contributed by atoms with Gasteiger partial charge < -0.3 is 10.1 Å². The number of nitrogens with one attached hydrogen (secondary N) is 1. The average molecular weight is 264 g/mol. The largest absolute Gasteiger partial charge is 0.378 e. The lowest BCUT2D eigenvalue weighted by Gasteiger charge is -2.23. The molecule has 0 bridgehead atoms. The zero-order valence-electron chi connectivity index (χ0n) is 11.8. The van der Waals surface area contributed by atoms with Crippen LogP contribution in [0.1, 0.15) is 52.9 Å². The summed E-state index contributed by atoms with van der Waals surface area (Å²) in [5, 5.41) is 3.32. The molecule has 0 aliphatic carbocycles. The molecule has 0 aromatic rings. The highest BCUT2D eigenvalue weighted by Crippen LogP contribution is 2.08. The van der Waals surface area contributed by atoms with Crippen molar-refractivity contribution in [2.75, 3.05) is 25.6 Å². The van der Waals surface area contributed by atoms with Gasteiger partial charge in [-0.05, 0) is 38.3 Å². The highest BCUT2D eigenvalue weighted by Gasteiger charge is 2.12. The van der Waals surface area contributed by atoms with E-state index in [0.717, 1.165) is 25.6 Å². The third-order valence-corrected chi connectivity index (χ3v) is 2.96. The van der Waals surface area contributed by atoms with Crippen LogP contribution in [0.3, 0.4) is 0 Å². The van der Waals surface area contributed by atoms with Gasteiger partial charge in [0, 0.05) is 12.5 Å². The summed E-state index contributed by atoms with van der Waals surface area (Å²) in [6.07, 6.45) is 6.63. The van der Waals surface area contributed by atoms with Crippen LogP contribution < -0.4 is 5.32 Å². The van der Waals surface area contributed by atoms with E-state index in [9.17, 15) is 0 Å². The van der Waals surface area contributed by atoms with Crippen molar-refractivity contribution in [3.8, 4) is 0 Å². The number of halogens is 1. The van der Waals surface area contributed by atoms with Crippen molar-refractivity contribution >= 4 is 11.6 Å². The molecule has 0 atom stereocenters. The van der Waals surface area contributed by atoms with Gasteiger partial charge >= 0.3 is 0 Å². The molecule has 0 saturated carbocycles. The van der Waals surface area contributed by atoms with Gasteiger partial charge in [0.15, 0.2) is 0 Å². The van der Waals surface area contributed by atoms with Crippen molar-refractivity contribution in [1.82, 2.24) is 5.32 Å². The normalized spacial score (nSPS) is 16.8. The minimum atomic E-state index is 0.527. The Bertz CT molecular complexity index is 143. The maximum absolute atomic E-state index is 5.70. The van der Waals surface area contributed by atoms with Gasteiger partial charge in [-0.1, -0.05) is 33.6 Å². The summed E-state index contributed by atoms with van der Waals surface area (Å²) in [6.45, 7) is 9.74. The lowest BCUT2D eigenvalue weighted by molar-refractivity contribution is 0.0178. The van der Waals surface area contributed by atoms with E-state index in [1.807, 2.05) is 0 Å². The second-order valence-electron chi connectivity index (χ2n) is 5.07. The standard InChI is InChI=1S/C9H19NO.C5H11Cl/c1-8(2)7-11-9-3-5-10-6-4-9;1-2-3-4-5-6/h8-10H,3-7H2,1-2H3;2-5H2,1H3. The molecule has 3 heteroatoms. The lowest BCUT2D eigenvalue weighted by atomic mass is 10.1. The summed E-state index contributed by atoms with van der Waals surface area (Å²) in [5.41, 5.74) is 0. The average Bonchev–Trinajstić information content (AvgIpc) is 2.36. The van der Waals surface area contributed by atoms with Gasteiger partial charge in [-0.2, -0.15) is 0 Å². The third kappa shape index (κ3) is 12.5. The fourth-order valence-electron chi connectivity index (χ4n) is 1.64. The van der Waals surface area contributed by atoms with Crippen LogP contribution in [-0.4, -0.2) is 31.7 Å². The number of ether oxygens (including phenoxy) is 1. The first-order chi connectivity index (χ1) is 8.20. The maximum atomic E-state index is 5.70. The monoisotopic (exact) mass is 263 g/mol. The summed E-state index contributed by atoms with van der Waals surface area (Å²) in [4.78, 5) is 0. The van der Waals surface area contributed by atoms with Gasteiger partial charge in [0.05, 0.1) is 6.10 Å². The lowest BCUT2D eigenvalue weighted by Crippen LogP contribution is -2.33. The van der Waals surface area contributed by atoms with Crippen molar-refractivity contribution in [2.24, 2.45) is 5.92 Å². The molecule has 0 unspecified atom stereocenters. The van der Waals surface area contributed by atoms with Gasteiger partial charge in [0.2, 0.25) is 0 Å². The molecule has 2 nitrogen and oxygen atoms in total. The zero-order chi connectivity index (χ0) is 12.9. The van der Waals surface area contributed by atoms with Gasteiger partial charge in [0.1, 0.15) is 0 Å². The summed E-state index contributed by atoms with van der Waals surface area (Å²) >= 11 is 5.38. The Morgan fingerprint density at radius 2 is 1.88 bits per heavy atom. The van der Waals surface area contributed by atoms with E-state index in [1.165, 1.54) is 32.1 Å². The van der Waals surface area contributed by atoms with E-state index < -0.39 is 0 Å². The number of hydrogen-bond donors (Lipinski definition) is 1. The van der Waals surface area contributed by atoms with Crippen LogP contribution in [0.4, 0.5) is 0 Å². The predicted octanol–water partition coefficient (Wildman–Crippen LogP) is 3.83. The van der Waals surface area contributed by atoms with Gasteiger partial charge in [-0.3, -0.25) is 0 Å². The van der Waals surface area contributed by atoms with Crippen LogP contribution >= 0.6 is 11.6 Å². The smallest absolute Gasteiger partial charge is 0.0599 e. The SMILES string of the molecule is CC(C)COC1CCNCC1.CCCCCCl. The summed E-state index contributed by atoms with van der Waals surface area (Å²) < 4.78 is 5.70. The van der Waals surface area contributed by atoms with Crippen LogP contribution in [0.25, 0.3) is 0 Å². The van der Waals surface area contributed by atoms with Crippen molar-refractivity contribution < 1.29 is 4.74 Å². The zero-order valence-corrected chi connectivity index (χ0v) is 12.6. The Kier molecular flexibility index (Phi) is 12.8. The molecular weight excluding hydrogens is 234 g/mol. The number of unbranched alkanes of at least 4 members (excludes halogenated alkanes) is 2. The highest BCUT2D eigenvalue weighted by atomic mass is 35.5. The second kappa shape index (κ2) is 12.7. The molecule has 0 spiro atoms. The van der Waals surface area contributed by atoms with E-state index in [0.29, 0.717) is 12.0 Å². The molecule has 0 aromatic heterocycles.